The van der Waals surface area contributed by atoms with Gasteiger partial charge in [-0.15, -0.1) is 0 Å². The molecular formula is C14H24N2O2. The molecule has 102 valence electrons. The smallest absolute Gasteiger partial charge is 0.161 e. The Morgan fingerprint density at radius 1 is 1.22 bits per heavy atom. The molecule has 1 atom stereocenters. The van der Waals surface area contributed by atoms with E-state index in [2.05, 4.69) is 18.0 Å². The summed E-state index contributed by atoms with van der Waals surface area (Å²) in [5.41, 5.74) is 6.96. The van der Waals surface area contributed by atoms with Crippen molar-refractivity contribution in [3.05, 3.63) is 23.8 Å². The van der Waals surface area contributed by atoms with Gasteiger partial charge in [-0.25, -0.2) is 0 Å². The largest absolute Gasteiger partial charge is 0.493 e. The van der Waals surface area contributed by atoms with E-state index < -0.39 is 0 Å². The fraction of sp³-hybridized carbons (Fsp3) is 0.571. The molecule has 2 N–H and O–H groups in total. The van der Waals surface area contributed by atoms with Crippen LogP contribution in [0.5, 0.6) is 11.5 Å². The first-order chi connectivity index (χ1) is 8.56. The van der Waals surface area contributed by atoms with E-state index in [0.29, 0.717) is 0 Å². The van der Waals surface area contributed by atoms with Gasteiger partial charge in [-0.05, 0) is 44.6 Å². The van der Waals surface area contributed by atoms with Crippen LogP contribution in [0.3, 0.4) is 0 Å². The van der Waals surface area contributed by atoms with Crippen LogP contribution in [0.1, 0.15) is 18.9 Å². The minimum Gasteiger partial charge on any atom is -0.493 e. The molecule has 0 aliphatic heterocycles. The normalized spacial score (nSPS) is 12.6. The second-order valence-corrected chi connectivity index (χ2v) is 4.69. The maximum atomic E-state index is 5.75. The molecule has 0 saturated heterocycles. The molecule has 0 fully saturated rings. The summed E-state index contributed by atoms with van der Waals surface area (Å²) in [6.45, 7) is 3.91. The molecule has 0 radical (unpaired) electrons. The van der Waals surface area contributed by atoms with Crippen LogP contribution >= 0.6 is 0 Å². The minimum atomic E-state index is 0.248. The molecule has 1 aromatic carbocycles. The molecule has 4 heteroatoms. The van der Waals surface area contributed by atoms with Crippen LogP contribution in [0.25, 0.3) is 0 Å². The molecule has 0 heterocycles. The highest BCUT2D eigenvalue weighted by Gasteiger charge is 2.07. The van der Waals surface area contributed by atoms with Gasteiger partial charge >= 0.3 is 0 Å². The second kappa shape index (κ2) is 7.24. The van der Waals surface area contributed by atoms with Gasteiger partial charge in [0.15, 0.2) is 11.5 Å². The zero-order valence-electron chi connectivity index (χ0n) is 11.8. The molecule has 4 nitrogen and oxygen atoms in total. The Labute approximate surface area is 110 Å². The van der Waals surface area contributed by atoms with Crippen LogP contribution in [0.15, 0.2) is 18.2 Å². The van der Waals surface area contributed by atoms with E-state index in [-0.39, 0.29) is 6.04 Å². The lowest BCUT2D eigenvalue weighted by molar-refractivity contribution is 0.311. The van der Waals surface area contributed by atoms with Crippen LogP contribution in [0, 0.1) is 0 Å². The van der Waals surface area contributed by atoms with E-state index in [9.17, 15) is 0 Å². The highest BCUT2D eigenvalue weighted by atomic mass is 16.5. The van der Waals surface area contributed by atoms with E-state index in [1.54, 1.807) is 14.2 Å². The van der Waals surface area contributed by atoms with Gasteiger partial charge in [0.2, 0.25) is 0 Å². The average molecular weight is 252 g/mol. The lowest BCUT2D eigenvalue weighted by Crippen LogP contribution is -2.25. The number of hydrogen-bond donors (Lipinski definition) is 1. The van der Waals surface area contributed by atoms with Crippen molar-refractivity contribution in [1.29, 1.82) is 0 Å². The summed E-state index contributed by atoms with van der Waals surface area (Å²) in [6, 6.07) is 6.26. The van der Waals surface area contributed by atoms with Gasteiger partial charge in [-0.3, -0.25) is 0 Å². The third kappa shape index (κ3) is 4.55. The maximum absolute atomic E-state index is 5.75. The molecule has 18 heavy (non-hydrogen) atoms. The highest BCUT2D eigenvalue weighted by Crippen LogP contribution is 2.27. The van der Waals surface area contributed by atoms with Crippen molar-refractivity contribution in [1.82, 2.24) is 4.90 Å². The molecule has 0 saturated carbocycles. The van der Waals surface area contributed by atoms with Gasteiger partial charge in [0.05, 0.1) is 14.2 Å². The van der Waals surface area contributed by atoms with E-state index >= 15 is 0 Å². The molecule has 0 bridgehead atoms. The van der Waals surface area contributed by atoms with Gasteiger partial charge in [-0.2, -0.15) is 0 Å². The monoisotopic (exact) mass is 252 g/mol. The predicted octanol–water partition coefficient (Wildman–Crippen LogP) is 1.87. The first kappa shape index (κ1) is 14.8. The zero-order valence-corrected chi connectivity index (χ0v) is 11.8. The van der Waals surface area contributed by atoms with Crippen LogP contribution in [-0.4, -0.2) is 38.8 Å². The van der Waals surface area contributed by atoms with Crippen molar-refractivity contribution in [2.45, 2.75) is 25.9 Å². The number of benzene rings is 1. The lowest BCUT2D eigenvalue weighted by atomic mass is 10.1. The van der Waals surface area contributed by atoms with Crippen molar-refractivity contribution < 1.29 is 9.47 Å². The Morgan fingerprint density at radius 2 is 1.89 bits per heavy atom. The topological polar surface area (TPSA) is 47.7 Å². The quantitative estimate of drug-likeness (QED) is 0.805. The number of nitrogens with zero attached hydrogens (tertiary/aromatic N) is 1. The second-order valence-electron chi connectivity index (χ2n) is 4.69. The predicted molar refractivity (Wildman–Crippen MR) is 74.1 cm³/mol. The summed E-state index contributed by atoms with van der Waals surface area (Å²) in [5, 5.41) is 0. The van der Waals surface area contributed by atoms with Crippen LogP contribution in [0.2, 0.25) is 0 Å². The van der Waals surface area contributed by atoms with Crippen molar-refractivity contribution >= 4 is 0 Å². The summed E-state index contributed by atoms with van der Waals surface area (Å²) in [4.78, 5) is 2.25. The van der Waals surface area contributed by atoms with Gasteiger partial charge in [0.25, 0.3) is 0 Å². The Morgan fingerprint density at radius 3 is 2.44 bits per heavy atom. The molecule has 0 aromatic heterocycles. The van der Waals surface area contributed by atoms with E-state index in [1.807, 2.05) is 19.1 Å². The number of methoxy groups -OCH3 is 2. The summed E-state index contributed by atoms with van der Waals surface area (Å²) in [6.07, 6.45) is 1.00. The lowest BCUT2D eigenvalue weighted by Gasteiger charge is -2.18. The van der Waals surface area contributed by atoms with Crippen LogP contribution in [0.4, 0.5) is 0 Å². The fourth-order valence-electron chi connectivity index (χ4n) is 1.79. The SMILES string of the molecule is COc1ccc(CN(C)CCC(C)N)cc1OC. The summed E-state index contributed by atoms with van der Waals surface area (Å²) in [7, 11) is 5.40. The molecule has 0 amide bonds. The number of nitrogens with two attached hydrogens (primary N) is 1. The number of ether oxygens (including phenoxy) is 2. The minimum absolute atomic E-state index is 0.248. The van der Waals surface area contributed by atoms with Gasteiger partial charge < -0.3 is 20.1 Å². The van der Waals surface area contributed by atoms with E-state index in [1.165, 1.54) is 5.56 Å². The molecular weight excluding hydrogens is 228 g/mol. The van der Waals surface area contributed by atoms with Crippen molar-refractivity contribution in [3.63, 3.8) is 0 Å². The average Bonchev–Trinajstić information content (AvgIpc) is 2.36. The Bertz CT molecular complexity index is 367. The molecule has 1 aromatic rings. The summed E-state index contributed by atoms with van der Waals surface area (Å²) in [5.74, 6) is 1.54. The molecule has 0 spiro atoms. The Kier molecular flexibility index (Phi) is 5.95. The molecule has 1 rings (SSSR count). The molecule has 0 aliphatic rings. The first-order valence-electron chi connectivity index (χ1n) is 6.21. The third-order valence-corrected chi connectivity index (χ3v) is 2.87. The van der Waals surface area contributed by atoms with E-state index in [0.717, 1.165) is 31.0 Å². The van der Waals surface area contributed by atoms with Crippen LogP contribution in [-0.2, 0) is 6.54 Å². The van der Waals surface area contributed by atoms with E-state index in [4.69, 9.17) is 15.2 Å². The fourth-order valence-corrected chi connectivity index (χ4v) is 1.79. The van der Waals surface area contributed by atoms with Gasteiger partial charge in [0.1, 0.15) is 0 Å². The van der Waals surface area contributed by atoms with Gasteiger partial charge in [-0.1, -0.05) is 6.07 Å². The highest BCUT2D eigenvalue weighted by molar-refractivity contribution is 5.42. The van der Waals surface area contributed by atoms with Crippen molar-refractivity contribution in [3.8, 4) is 11.5 Å². The summed E-state index contributed by atoms with van der Waals surface area (Å²) >= 11 is 0. The molecule has 1 unspecified atom stereocenters. The zero-order chi connectivity index (χ0) is 13.5. The Hall–Kier alpha value is -1.26. The first-order valence-corrected chi connectivity index (χ1v) is 6.21. The third-order valence-electron chi connectivity index (χ3n) is 2.87. The summed E-state index contributed by atoms with van der Waals surface area (Å²) < 4.78 is 10.5. The Balaban J connectivity index is 2.61. The number of rotatable bonds is 7. The maximum Gasteiger partial charge on any atom is 0.161 e. The van der Waals surface area contributed by atoms with Crippen LogP contribution < -0.4 is 15.2 Å². The van der Waals surface area contributed by atoms with Gasteiger partial charge in [0, 0.05) is 12.6 Å². The van der Waals surface area contributed by atoms with Crippen molar-refractivity contribution in [2.24, 2.45) is 5.73 Å². The molecule has 0 aliphatic carbocycles. The standard InChI is InChI=1S/C14H24N2O2/c1-11(15)7-8-16(2)10-12-5-6-13(17-3)14(9-12)18-4/h5-6,9,11H,7-8,10,15H2,1-4H3. The van der Waals surface area contributed by atoms with Crippen molar-refractivity contribution in [2.75, 3.05) is 27.8 Å². The number of hydrogen-bond acceptors (Lipinski definition) is 4.